The molecule has 0 spiro atoms. The van der Waals surface area contributed by atoms with Gasteiger partial charge in [0.15, 0.2) is 0 Å². The molecule has 1 unspecified atom stereocenters. The zero-order valence-corrected chi connectivity index (χ0v) is 14.1. The molecular formula is C19H28N2O2. The molecule has 0 radical (unpaired) electrons. The summed E-state index contributed by atoms with van der Waals surface area (Å²) < 4.78 is 5.48. The predicted octanol–water partition coefficient (Wildman–Crippen LogP) is 2.76. The minimum absolute atomic E-state index is 0.160. The van der Waals surface area contributed by atoms with Crippen LogP contribution in [0.2, 0.25) is 0 Å². The van der Waals surface area contributed by atoms with Crippen molar-refractivity contribution < 1.29 is 9.53 Å². The summed E-state index contributed by atoms with van der Waals surface area (Å²) in [4.78, 5) is 15.1. The number of carbonyl (C=O) groups excluding carboxylic acids is 1. The molecule has 1 atom stereocenters. The number of amides is 1. The van der Waals surface area contributed by atoms with Gasteiger partial charge in [-0.3, -0.25) is 9.69 Å². The zero-order valence-electron chi connectivity index (χ0n) is 14.1. The molecule has 126 valence electrons. The fourth-order valence-electron chi connectivity index (χ4n) is 3.81. The Morgan fingerprint density at radius 3 is 2.52 bits per heavy atom. The van der Waals surface area contributed by atoms with Crippen LogP contribution >= 0.6 is 0 Å². The zero-order chi connectivity index (χ0) is 16.1. The van der Waals surface area contributed by atoms with E-state index in [-0.39, 0.29) is 17.4 Å². The molecule has 2 fully saturated rings. The van der Waals surface area contributed by atoms with Gasteiger partial charge in [-0.05, 0) is 18.4 Å². The summed E-state index contributed by atoms with van der Waals surface area (Å²) >= 11 is 0. The third-order valence-electron chi connectivity index (χ3n) is 5.38. The summed E-state index contributed by atoms with van der Waals surface area (Å²) in [5, 5.41) is 3.24. The Hall–Kier alpha value is -1.39. The molecule has 2 aliphatic rings. The second kappa shape index (κ2) is 7.45. The highest BCUT2D eigenvalue weighted by Crippen LogP contribution is 2.37. The minimum Gasteiger partial charge on any atom is -0.379 e. The van der Waals surface area contributed by atoms with E-state index in [4.69, 9.17) is 4.74 Å². The first-order valence-electron chi connectivity index (χ1n) is 8.84. The van der Waals surface area contributed by atoms with Gasteiger partial charge in [-0.2, -0.15) is 0 Å². The molecule has 0 aromatic heterocycles. The normalized spacial score (nSPS) is 22.7. The molecule has 1 saturated carbocycles. The van der Waals surface area contributed by atoms with Crippen LogP contribution in [0.3, 0.4) is 0 Å². The third kappa shape index (κ3) is 3.93. The quantitative estimate of drug-likeness (QED) is 0.908. The number of nitrogens with zero attached hydrogens (tertiary/aromatic N) is 1. The maximum atomic E-state index is 12.6. The van der Waals surface area contributed by atoms with Crippen LogP contribution in [-0.2, 0) is 9.53 Å². The molecule has 1 amide bonds. The molecule has 4 nitrogen and oxygen atoms in total. The summed E-state index contributed by atoms with van der Waals surface area (Å²) in [5.41, 5.74) is 1.11. The fraction of sp³-hybridized carbons (Fsp3) is 0.632. The molecule has 1 saturated heterocycles. The van der Waals surface area contributed by atoms with Gasteiger partial charge in [0.05, 0.1) is 19.3 Å². The number of hydrogen-bond donors (Lipinski definition) is 1. The first-order valence-corrected chi connectivity index (χ1v) is 8.84. The van der Waals surface area contributed by atoms with E-state index in [0.717, 1.165) is 39.1 Å². The second-order valence-corrected chi connectivity index (χ2v) is 7.05. The molecule has 0 bridgehead atoms. The topological polar surface area (TPSA) is 41.6 Å². The minimum atomic E-state index is -0.160. The van der Waals surface area contributed by atoms with Gasteiger partial charge in [-0.25, -0.2) is 0 Å². The van der Waals surface area contributed by atoms with Crippen molar-refractivity contribution in [1.29, 1.82) is 0 Å². The van der Waals surface area contributed by atoms with Gasteiger partial charge in [0, 0.05) is 25.0 Å². The Labute approximate surface area is 139 Å². The summed E-state index contributed by atoms with van der Waals surface area (Å²) in [7, 11) is 0. The number of ether oxygens (including phenoxy) is 1. The fourth-order valence-corrected chi connectivity index (χ4v) is 3.81. The van der Waals surface area contributed by atoms with Crippen LogP contribution in [0.25, 0.3) is 0 Å². The molecule has 1 aromatic rings. The Morgan fingerprint density at radius 1 is 1.22 bits per heavy atom. The van der Waals surface area contributed by atoms with Crippen LogP contribution in [0.1, 0.15) is 44.2 Å². The molecule has 1 aromatic carbocycles. The number of carbonyl (C=O) groups is 1. The van der Waals surface area contributed by atoms with Gasteiger partial charge in [-0.15, -0.1) is 0 Å². The predicted molar refractivity (Wildman–Crippen MR) is 91.2 cm³/mol. The number of hydrogen-bond acceptors (Lipinski definition) is 3. The Balaban J connectivity index is 1.67. The largest absolute Gasteiger partial charge is 0.379 e. The van der Waals surface area contributed by atoms with E-state index in [9.17, 15) is 4.79 Å². The molecule has 1 heterocycles. The maximum absolute atomic E-state index is 12.6. The van der Waals surface area contributed by atoms with Crippen molar-refractivity contribution in [2.24, 2.45) is 5.41 Å². The molecule has 23 heavy (non-hydrogen) atoms. The van der Waals surface area contributed by atoms with Crippen molar-refractivity contribution in [1.82, 2.24) is 10.2 Å². The van der Waals surface area contributed by atoms with Crippen LogP contribution < -0.4 is 5.32 Å². The van der Waals surface area contributed by atoms with E-state index < -0.39 is 0 Å². The van der Waals surface area contributed by atoms with Crippen LogP contribution in [0.5, 0.6) is 0 Å². The lowest BCUT2D eigenvalue weighted by atomic mass is 9.87. The van der Waals surface area contributed by atoms with Gasteiger partial charge < -0.3 is 10.1 Å². The Kier molecular flexibility index (Phi) is 5.34. The van der Waals surface area contributed by atoms with Crippen LogP contribution in [0.15, 0.2) is 30.3 Å². The molecule has 3 rings (SSSR count). The monoisotopic (exact) mass is 316 g/mol. The number of nitrogens with one attached hydrogen (secondary N) is 1. The number of rotatable bonds is 5. The summed E-state index contributed by atoms with van der Waals surface area (Å²) in [6.07, 6.45) is 4.39. The Bertz CT molecular complexity index is 505. The molecular weight excluding hydrogens is 288 g/mol. The first kappa shape index (κ1) is 16.5. The molecule has 1 aliphatic carbocycles. The lowest BCUT2D eigenvalue weighted by Crippen LogP contribution is -2.46. The molecule has 1 aliphatic heterocycles. The van der Waals surface area contributed by atoms with E-state index in [0.29, 0.717) is 6.54 Å². The average Bonchev–Trinajstić information content (AvgIpc) is 3.05. The summed E-state index contributed by atoms with van der Waals surface area (Å²) in [5.74, 6) is 0.226. The smallest absolute Gasteiger partial charge is 0.226 e. The van der Waals surface area contributed by atoms with E-state index in [1.54, 1.807) is 0 Å². The number of benzene rings is 1. The highest BCUT2D eigenvalue weighted by Gasteiger charge is 2.36. The molecule has 1 N–H and O–H groups in total. The van der Waals surface area contributed by atoms with Crippen LogP contribution in [0.4, 0.5) is 0 Å². The number of morpholine rings is 1. The standard InChI is InChI=1S/C19H28N2O2/c1-19(9-5-6-10-19)18(22)20-15-17(16-7-3-2-4-8-16)21-11-13-23-14-12-21/h2-4,7-8,17H,5-6,9-15H2,1H3,(H,20,22). The van der Waals surface area contributed by atoms with Gasteiger partial charge in [0.1, 0.15) is 0 Å². The van der Waals surface area contributed by atoms with Gasteiger partial charge in [0.2, 0.25) is 5.91 Å². The first-order chi connectivity index (χ1) is 11.2. The van der Waals surface area contributed by atoms with E-state index in [2.05, 4.69) is 41.4 Å². The van der Waals surface area contributed by atoms with E-state index >= 15 is 0 Å². The highest BCUT2D eigenvalue weighted by molar-refractivity contribution is 5.82. The van der Waals surface area contributed by atoms with Crippen molar-refractivity contribution in [2.75, 3.05) is 32.8 Å². The van der Waals surface area contributed by atoms with E-state index in [1.807, 2.05) is 6.07 Å². The van der Waals surface area contributed by atoms with Gasteiger partial charge in [-0.1, -0.05) is 50.1 Å². The van der Waals surface area contributed by atoms with Crippen molar-refractivity contribution in [3.05, 3.63) is 35.9 Å². The second-order valence-electron chi connectivity index (χ2n) is 7.05. The van der Waals surface area contributed by atoms with E-state index in [1.165, 1.54) is 18.4 Å². The highest BCUT2D eigenvalue weighted by atomic mass is 16.5. The third-order valence-corrected chi connectivity index (χ3v) is 5.38. The lowest BCUT2D eigenvalue weighted by molar-refractivity contribution is -0.130. The lowest BCUT2D eigenvalue weighted by Gasteiger charge is -2.35. The summed E-state index contributed by atoms with van der Waals surface area (Å²) in [6, 6.07) is 10.7. The van der Waals surface area contributed by atoms with Crippen molar-refractivity contribution >= 4 is 5.91 Å². The van der Waals surface area contributed by atoms with Crippen molar-refractivity contribution in [2.45, 2.75) is 38.6 Å². The van der Waals surface area contributed by atoms with Gasteiger partial charge in [0.25, 0.3) is 0 Å². The SMILES string of the molecule is CC1(C(=O)NCC(c2ccccc2)N2CCOCC2)CCCC1. The Morgan fingerprint density at radius 2 is 1.87 bits per heavy atom. The maximum Gasteiger partial charge on any atom is 0.226 e. The van der Waals surface area contributed by atoms with Crippen LogP contribution in [0, 0.1) is 5.41 Å². The van der Waals surface area contributed by atoms with Crippen molar-refractivity contribution in [3.8, 4) is 0 Å². The van der Waals surface area contributed by atoms with Gasteiger partial charge >= 0.3 is 0 Å². The average molecular weight is 316 g/mol. The van der Waals surface area contributed by atoms with Crippen LogP contribution in [-0.4, -0.2) is 43.7 Å². The summed E-state index contributed by atoms with van der Waals surface area (Å²) in [6.45, 7) is 6.18. The van der Waals surface area contributed by atoms with Crippen molar-refractivity contribution in [3.63, 3.8) is 0 Å². The molecule has 4 heteroatoms.